The third-order valence-electron chi connectivity index (χ3n) is 19.7. The lowest BCUT2D eigenvalue weighted by molar-refractivity contribution is 0.122. The fraction of sp³-hybridized carbons (Fsp3) is 0.522. The van der Waals surface area contributed by atoms with Crippen LogP contribution in [0, 0.1) is 23.7 Å². The van der Waals surface area contributed by atoms with Gasteiger partial charge in [0.05, 0.1) is 11.3 Å². The zero-order valence-electron chi connectivity index (χ0n) is 46.9. The Morgan fingerprint density at radius 3 is 1.80 bits per heavy atom. The second-order valence-electron chi connectivity index (χ2n) is 29.5. The first-order valence-corrected chi connectivity index (χ1v) is 27.3. The maximum absolute atomic E-state index is 7.75. The van der Waals surface area contributed by atoms with Crippen LogP contribution in [0.3, 0.4) is 0 Å². The quantitative estimate of drug-likeness (QED) is 0.164. The zero-order valence-corrected chi connectivity index (χ0v) is 46.9. The molecule has 1 aromatic heterocycles. The van der Waals surface area contributed by atoms with Gasteiger partial charge in [0, 0.05) is 16.8 Å². The highest BCUT2D eigenvalue weighted by Crippen LogP contribution is 2.60. The van der Waals surface area contributed by atoms with E-state index in [2.05, 4.69) is 209 Å². The monoisotopic (exact) mass is 930 g/mol. The summed E-state index contributed by atoms with van der Waals surface area (Å²) in [7, 11) is 0. The van der Waals surface area contributed by atoms with Crippen LogP contribution in [0.4, 0.5) is 17.1 Å². The van der Waals surface area contributed by atoms with Gasteiger partial charge in [0.25, 0.3) is 6.71 Å². The minimum atomic E-state index is -0.0992. The molecule has 70 heavy (non-hydrogen) atoms. The average Bonchev–Trinajstić information content (AvgIpc) is 3.64. The van der Waals surface area contributed by atoms with Crippen molar-refractivity contribution in [3.63, 3.8) is 0 Å². The summed E-state index contributed by atoms with van der Waals surface area (Å²) in [4.78, 5) is 2.69. The molecule has 4 aliphatic carbocycles. The van der Waals surface area contributed by atoms with E-state index in [4.69, 9.17) is 4.42 Å². The molecule has 3 heteroatoms. The van der Waals surface area contributed by atoms with E-state index in [1.54, 1.807) is 11.0 Å². The summed E-state index contributed by atoms with van der Waals surface area (Å²) in [6.07, 6.45) is 13.6. The lowest BCUT2D eigenvalue weighted by Gasteiger charge is -2.52. The largest absolute Gasteiger partial charge is 0.468 e. The van der Waals surface area contributed by atoms with Crippen molar-refractivity contribution in [2.24, 2.45) is 16.7 Å². The van der Waals surface area contributed by atoms with Gasteiger partial charge in [-0.3, -0.25) is 0 Å². The van der Waals surface area contributed by atoms with Crippen LogP contribution in [0.15, 0.2) is 87.8 Å². The Morgan fingerprint density at radius 1 is 0.600 bits per heavy atom. The maximum Gasteiger partial charge on any atom is 0.289 e. The Hall–Kier alpha value is -4.50. The molecular weight excluding hydrogens is 846 g/mol. The summed E-state index contributed by atoms with van der Waals surface area (Å²) >= 11 is 0. The van der Waals surface area contributed by atoms with Gasteiger partial charge in [-0.25, -0.2) is 0 Å². The van der Waals surface area contributed by atoms with Crippen LogP contribution >= 0.6 is 0 Å². The molecule has 6 aliphatic rings. The van der Waals surface area contributed by atoms with Gasteiger partial charge in [0.2, 0.25) is 0 Å². The smallest absolute Gasteiger partial charge is 0.289 e. The van der Waals surface area contributed by atoms with E-state index in [9.17, 15) is 0 Å². The molecule has 0 radical (unpaired) electrons. The van der Waals surface area contributed by atoms with E-state index in [1.807, 2.05) is 0 Å². The molecule has 5 aromatic rings. The topological polar surface area (TPSA) is 16.4 Å². The van der Waals surface area contributed by atoms with Gasteiger partial charge in [-0.1, -0.05) is 178 Å². The van der Waals surface area contributed by atoms with Crippen LogP contribution in [-0.4, -0.2) is 6.71 Å². The molecule has 2 nitrogen and oxygen atoms in total. The molecular formula is C67H84BNO. The van der Waals surface area contributed by atoms with Crippen molar-refractivity contribution in [3.8, 4) is 0 Å². The number of rotatable bonds is 2. The van der Waals surface area contributed by atoms with Crippen molar-refractivity contribution in [1.29, 1.82) is 0 Å². The van der Waals surface area contributed by atoms with Gasteiger partial charge in [0.1, 0.15) is 5.58 Å². The van der Waals surface area contributed by atoms with Crippen molar-refractivity contribution in [3.05, 3.63) is 133 Å². The van der Waals surface area contributed by atoms with Crippen molar-refractivity contribution < 1.29 is 4.42 Å². The highest BCUT2D eigenvalue weighted by atomic mass is 16.3. The summed E-state index contributed by atoms with van der Waals surface area (Å²) in [6, 6.07) is 25.1. The normalized spacial score (nSPS) is 23.8. The Morgan fingerprint density at radius 2 is 1.19 bits per heavy atom. The Bertz CT molecular complexity index is 3170. The van der Waals surface area contributed by atoms with Gasteiger partial charge in [0.15, 0.2) is 0 Å². The van der Waals surface area contributed by atoms with Gasteiger partial charge in [-0.2, -0.15) is 0 Å². The van der Waals surface area contributed by atoms with Gasteiger partial charge in [-0.05, 0) is 198 Å². The lowest BCUT2D eigenvalue weighted by Crippen LogP contribution is -2.55. The van der Waals surface area contributed by atoms with E-state index in [-0.39, 0.29) is 50.0 Å². The number of fused-ring (bicyclic) bond motifs is 8. The minimum Gasteiger partial charge on any atom is -0.468 e. The Kier molecular flexibility index (Phi) is 10.1. The number of anilines is 3. The Labute approximate surface area is 424 Å². The maximum atomic E-state index is 7.75. The molecule has 1 unspecified atom stereocenters. The number of aryl methyl sites for hydroxylation is 1. The van der Waals surface area contributed by atoms with E-state index in [0.29, 0.717) is 5.92 Å². The average molecular weight is 930 g/mol. The number of allylic oxidation sites excluding steroid dienone is 5. The minimum absolute atomic E-state index is 0.0149. The first-order valence-electron chi connectivity index (χ1n) is 27.3. The predicted molar refractivity (Wildman–Crippen MR) is 303 cm³/mol. The van der Waals surface area contributed by atoms with Crippen molar-refractivity contribution >= 4 is 57.5 Å². The van der Waals surface area contributed by atoms with Gasteiger partial charge >= 0.3 is 0 Å². The second kappa shape index (κ2) is 14.8. The number of hydrogen-bond donors (Lipinski definition) is 0. The summed E-state index contributed by atoms with van der Waals surface area (Å²) < 4.78 is 7.75. The SMILES string of the molecule is Cc1cc(C(C)(C)C)ccc1N1c2cc(C(C)(C)C)cc3c2B(C2=C(C=C4C(C2)C(C)(C)CCC4(C)C)/C3=C\c2ccc3c(c2)C(C)(C)CCC3(C)C)c2oc3cc4c(cc3c21)C(C)(C)CCC4(C)C. The lowest BCUT2D eigenvalue weighted by atomic mass is 9.31. The molecule has 4 aromatic carbocycles. The fourth-order valence-electron chi connectivity index (χ4n) is 14.4. The molecule has 0 saturated heterocycles. The number of benzene rings is 4. The molecule has 0 spiro atoms. The number of furan rings is 1. The summed E-state index contributed by atoms with van der Waals surface area (Å²) in [6.45, 7) is 46.5. The van der Waals surface area contributed by atoms with Crippen molar-refractivity contribution in [2.45, 2.75) is 209 Å². The standard InChI is InChI=1S/C67H84BNO/c1-39-30-41(60(2,3)4)21-23-54(39)69-55-34-42(61(5,6)7)33-45-43(31-40-20-22-47-48(32-40)63(10,11)25-24-62(47,8)9)44-35-49-51(66(16,17)28-26-64(49,12)13)37-53(44)68(57(45)55)59-58(69)46-36-50-52(38-56(46)70-59)67(18,19)29-27-65(50,14)15/h20-23,30-36,38,51H,24-29,37H2,1-19H3/b43-31+. The first-order chi connectivity index (χ1) is 32.3. The van der Waals surface area contributed by atoms with Crippen LogP contribution in [0.2, 0.25) is 0 Å². The summed E-state index contributed by atoms with van der Waals surface area (Å²) in [5.41, 5.74) is 26.7. The highest BCUT2D eigenvalue weighted by molar-refractivity contribution is 6.94. The molecule has 366 valence electrons. The zero-order chi connectivity index (χ0) is 50.4. The van der Waals surface area contributed by atoms with Crippen molar-refractivity contribution in [1.82, 2.24) is 0 Å². The van der Waals surface area contributed by atoms with Crippen LogP contribution in [-0.2, 0) is 32.5 Å². The van der Waals surface area contributed by atoms with Crippen molar-refractivity contribution in [2.75, 3.05) is 4.90 Å². The molecule has 11 rings (SSSR count). The molecule has 2 aliphatic heterocycles. The highest BCUT2D eigenvalue weighted by Gasteiger charge is 2.53. The fourth-order valence-corrected chi connectivity index (χ4v) is 14.4. The number of nitrogens with zero attached hydrogens (tertiary/aromatic N) is 1. The van der Waals surface area contributed by atoms with Crippen LogP contribution in [0.5, 0.6) is 0 Å². The number of hydrogen-bond acceptors (Lipinski definition) is 2. The molecule has 0 bridgehead atoms. The molecule has 0 amide bonds. The van der Waals surface area contributed by atoms with E-state index in [1.165, 1.54) is 128 Å². The molecule has 1 saturated carbocycles. The Balaban J connectivity index is 1.29. The van der Waals surface area contributed by atoms with Gasteiger partial charge in [-0.15, -0.1) is 0 Å². The third-order valence-corrected chi connectivity index (χ3v) is 19.7. The third kappa shape index (κ3) is 7.13. The van der Waals surface area contributed by atoms with Crippen LogP contribution in [0.1, 0.15) is 220 Å². The summed E-state index contributed by atoms with van der Waals surface area (Å²) in [5.74, 6) is 0.453. The van der Waals surface area contributed by atoms with E-state index >= 15 is 0 Å². The molecule has 3 heterocycles. The van der Waals surface area contributed by atoms with E-state index in [0.717, 1.165) is 17.7 Å². The predicted octanol–water partition coefficient (Wildman–Crippen LogP) is 17.6. The van der Waals surface area contributed by atoms with Gasteiger partial charge < -0.3 is 9.32 Å². The molecule has 1 fully saturated rings. The molecule has 0 N–H and O–H groups in total. The van der Waals surface area contributed by atoms with Crippen LogP contribution in [0.25, 0.3) is 22.6 Å². The van der Waals surface area contributed by atoms with E-state index < -0.39 is 0 Å². The second-order valence-corrected chi connectivity index (χ2v) is 29.5. The molecule has 1 atom stereocenters. The van der Waals surface area contributed by atoms with Crippen LogP contribution < -0.4 is 16.0 Å². The summed E-state index contributed by atoms with van der Waals surface area (Å²) in [5, 5.41) is 1.25. The first kappa shape index (κ1) is 47.8.